The lowest BCUT2D eigenvalue weighted by atomic mass is 10.3. The van der Waals surface area contributed by atoms with Gasteiger partial charge in [0, 0.05) is 13.0 Å². The van der Waals surface area contributed by atoms with Crippen LogP contribution in [0.2, 0.25) is 0 Å². The summed E-state index contributed by atoms with van der Waals surface area (Å²) in [5.74, 6) is -0.833. The fraction of sp³-hybridized carbons (Fsp3) is 0.900. The summed E-state index contributed by atoms with van der Waals surface area (Å²) in [5.41, 5.74) is 0. The summed E-state index contributed by atoms with van der Waals surface area (Å²) in [5, 5.41) is 15.5. The van der Waals surface area contributed by atoms with Crippen LogP contribution in [0.1, 0.15) is 53.9 Å². The summed E-state index contributed by atoms with van der Waals surface area (Å²) >= 11 is 0. The first-order valence-corrected chi connectivity index (χ1v) is 4.75. The van der Waals surface area contributed by atoms with Crippen LogP contribution in [0.4, 0.5) is 0 Å². The molecule has 0 aliphatic heterocycles. The Morgan fingerprint density at radius 3 is 1.38 bits per heavy atom. The standard InChI is InChI=1S/C5H12.C3H8O.C2H4O2/c1-3-5-4-2;1-3(2)4;1-2(3)4/h3-5H2,1-2H3;3-4H,1-2H3;1H3,(H,3,4). The number of aliphatic hydroxyl groups excluding tert-OH is 1. The molecule has 3 heteroatoms. The molecule has 0 aromatic carbocycles. The molecule has 0 saturated heterocycles. The lowest BCUT2D eigenvalue weighted by Gasteiger charge is -1.80. The molecule has 0 bridgehead atoms. The quantitative estimate of drug-likeness (QED) is 0.707. The SMILES string of the molecule is CC(=O)O.CC(C)O.CCCCC. The molecule has 0 spiro atoms. The fourth-order valence-electron chi connectivity index (χ4n) is 0.354. The summed E-state index contributed by atoms with van der Waals surface area (Å²) in [6, 6.07) is 0. The highest BCUT2D eigenvalue weighted by atomic mass is 16.4. The Morgan fingerprint density at radius 2 is 1.38 bits per heavy atom. The van der Waals surface area contributed by atoms with E-state index in [0.717, 1.165) is 6.92 Å². The zero-order valence-corrected chi connectivity index (χ0v) is 9.50. The van der Waals surface area contributed by atoms with Crippen molar-refractivity contribution in [1.29, 1.82) is 0 Å². The van der Waals surface area contributed by atoms with Crippen molar-refractivity contribution in [2.45, 2.75) is 60.0 Å². The molecule has 0 amide bonds. The molecule has 0 radical (unpaired) electrons. The van der Waals surface area contributed by atoms with Crippen LogP contribution < -0.4 is 0 Å². The first-order chi connectivity index (χ1) is 5.88. The maximum absolute atomic E-state index is 9.00. The van der Waals surface area contributed by atoms with Crippen LogP contribution in [0, 0.1) is 0 Å². The highest BCUT2D eigenvalue weighted by molar-refractivity contribution is 5.62. The number of hydrogen-bond donors (Lipinski definition) is 2. The summed E-state index contributed by atoms with van der Waals surface area (Å²) in [6.45, 7) is 8.95. The van der Waals surface area contributed by atoms with Crippen LogP contribution in [0.15, 0.2) is 0 Å². The lowest BCUT2D eigenvalue weighted by Crippen LogP contribution is -1.85. The molecular weight excluding hydrogens is 168 g/mol. The summed E-state index contributed by atoms with van der Waals surface area (Å²) < 4.78 is 0. The normalized spacial score (nSPS) is 7.92. The van der Waals surface area contributed by atoms with E-state index in [-0.39, 0.29) is 6.10 Å². The number of aliphatic carboxylic acids is 1. The van der Waals surface area contributed by atoms with Gasteiger partial charge in [-0.15, -0.1) is 0 Å². The van der Waals surface area contributed by atoms with Gasteiger partial charge in [-0.1, -0.05) is 33.1 Å². The van der Waals surface area contributed by atoms with Crippen LogP contribution in [0.3, 0.4) is 0 Å². The predicted molar refractivity (Wildman–Crippen MR) is 55.9 cm³/mol. The number of hydrogen-bond acceptors (Lipinski definition) is 2. The first-order valence-electron chi connectivity index (χ1n) is 4.75. The molecule has 3 nitrogen and oxygen atoms in total. The van der Waals surface area contributed by atoms with Gasteiger partial charge in [-0.2, -0.15) is 0 Å². The second-order valence-electron chi connectivity index (χ2n) is 2.97. The van der Waals surface area contributed by atoms with Gasteiger partial charge >= 0.3 is 0 Å². The van der Waals surface area contributed by atoms with Crippen molar-refractivity contribution in [3.63, 3.8) is 0 Å². The first kappa shape index (κ1) is 18.3. The summed E-state index contributed by atoms with van der Waals surface area (Å²) in [6.07, 6.45) is 3.91. The minimum atomic E-state index is -0.833. The molecule has 82 valence electrons. The van der Waals surface area contributed by atoms with Crippen LogP contribution in [0.5, 0.6) is 0 Å². The van der Waals surface area contributed by atoms with Gasteiger partial charge in [0.1, 0.15) is 0 Å². The number of aliphatic hydroxyl groups is 1. The van der Waals surface area contributed by atoms with E-state index in [2.05, 4.69) is 13.8 Å². The van der Waals surface area contributed by atoms with Crippen molar-refractivity contribution in [1.82, 2.24) is 0 Å². The average Bonchev–Trinajstić information content (AvgIpc) is 1.86. The van der Waals surface area contributed by atoms with Crippen molar-refractivity contribution >= 4 is 5.97 Å². The number of carboxylic acid groups (broad SMARTS) is 1. The Kier molecular flexibility index (Phi) is 24.6. The van der Waals surface area contributed by atoms with Gasteiger partial charge in [0.05, 0.1) is 0 Å². The van der Waals surface area contributed by atoms with E-state index in [0.29, 0.717) is 0 Å². The third-order valence-corrected chi connectivity index (χ3v) is 0.707. The van der Waals surface area contributed by atoms with Gasteiger partial charge in [-0.3, -0.25) is 4.79 Å². The average molecular weight is 192 g/mol. The predicted octanol–water partition coefficient (Wildman–Crippen LogP) is 2.67. The molecule has 0 fully saturated rings. The smallest absolute Gasteiger partial charge is 0.300 e. The second-order valence-corrected chi connectivity index (χ2v) is 2.97. The second kappa shape index (κ2) is 17.5. The van der Waals surface area contributed by atoms with Gasteiger partial charge in [-0.25, -0.2) is 0 Å². The minimum Gasteiger partial charge on any atom is -0.481 e. The van der Waals surface area contributed by atoms with Gasteiger partial charge in [0.25, 0.3) is 5.97 Å². The summed E-state index contributed by atoms with van der Waals surface area (Å²) in [4.78, 5) is 9.00. The lowest BCUT2D eigenvalue weighted by molar-refractivity contribution is -0.134. The molecule has 0 aliphatic rings. The number of carboxylic acids is 1. The number of rotatable bonds is 2. The zero-order valence-electron chi connectivity index (χ0n) is 9.50. The molecule has 0 saturated carbocycles. The topological polar surface area (TPSA) is 57.5 Å². The van der Waals surface area contributed by atoms with Gasteiger partial charge in [0.15, 0.2) is 0 Å². The highest BCUT2D eigenvalue weighted by Crippen LogP contribution is 1.88. The van der Waals surface area contributed by atoms with Gasteiger partial charge in [-0.05, 0) is 13.8 Å². The maximum Gasteiger partial charge on any atom is 0.300 e. The van der Waals surface area contributed by atoms with Crippen LogP contribution >= 0.6 is 0 Å². The Hall–Kier alpha value is -0.570. The van der Waals surface area contributed by atoms with Crippen LogP contribution in [-0.4, -0.2) is 22.3 Å². The van der Waals surface area contributed by atoms with Crippen LogP contribution in [-0.2, 0) is 4.79 Å². The Labute approximate surface area is 81.8 Å². The Balaban J connectivity index is -0.000000117. The zero-order chi connectivity index (χ0) is 11.3. The van der Waals surface area contributed by atoms with E-state index in [1.165, 1.54) is 19.3 Å². The third-order valence-electron chi connectivity index (χ3n) is 0.707. The monoisotopic (exact) mass is 192 g/mol. The molecule has 13 heavy (non-hydrogen) atoms. The van der Waals surface area contributed by atoms with E-state index >= 15 is 0 Å². The van der Waals surface area contributed by atoms with Gasteiger partial charge < -0.3 is 10.2 Å². The Bertz CT molecular complexity index is 81.4. The van der Waals surface area contributed by atoms with E-state index in [9.17, 15) is 0 Å². The molecule has 0 rings (SSSR count). The molecule has 0 aromatic heterocycles. The molecule has 0 atom stereocenters. The molecule has 2 N–H and O–H groups in total. The third kappa shape index (κ3) is 497. The number of carbonyl (C=O) groups is 1. The van der Waals surface area contributed by atoms with Crippen molar-refractivity contribution < 1.29 is 15.0 Å². The molecule has 0 aliphatic carbocycles. The maximum atomic E-state index is 9.00. The van der Waals surface area contributed by atoms with E-state index < -0.39 is 5.97 Å². The van der Waals surface area contributed by atoms with Crippen molar-refractivity contribution in [3.05, 3.63) is 0 Å². The minimum absolute atomic E-state index is 0.167. The fourth-order valence-corrected chi connectivity index (χ4v) is 0.354. The van der Waals surface area contributed by atoms with Gasteiger partial charge in [0.2, 0.25) is 0 Å². The van der Waals surface area contributed by atoms with Crippen molar-refractivity contribution in [2.75, 3.05) is 0 Å². The Morgan fingerprint density at radius 1 is 1.23 bits per heavy atom. The largest absolute Gasteiger partial charge is 0.481 e. The molecule has 0 aromatic rings. The summed E-state index contributed by atoms with van der Waals surface area (Å²) in [7, 11) is 0. The van der Waals surface area contributed by atoms with Crippen LogP contribution in [0.25, 0.3) is 0 Å². The number of unbranched alkanes of at least 4 members (excludes halogenated alkanes) is 2. The molecule has 0 unspecified atom stereocenters. The van der Waals surface area contributed by atoms with Crippen molar-refractivity contribution in [2.24, 2.45) is 0 Å². The molecule has 0 heterocycles. The van der Waals surface area contributed by atoms with E-state index in [1.54, 1.807) is 13.8 Å². The van der Waals surface area contributed by atoms with E-state index in [4.69, 9.17) is 15.0 Å². The van der Waals surface area contributed by atoms with Crippen molar-refractivity contribution in [3.8, 4) is 0 Å². The highest BCUT2D eigenvalue weighted by Gasteiger charge is 1.69. The molecular formula is C10H24O3. The van der Waals surface area contributed by atoms with E-state index in [1.807, 2.05) is 0 Å².